The SMILES string of the molecule is Cc1ccc(-c2sc(-c3ccccc3)nc2CC(=O)NC(C)(C)C)cc1. The molecule has 1 heterocycles. The lowest BCUT2D eigenvalue weighted by molar-refractivity contribution is -0.121. The first-order valence-corrected chi connectivity index (χ1v) is 9.57. The summed E-state index contributed by atoms with van der Waals surface area (Å²) >= 11 is 1.64. The molecule has 2 aromatic carbocycles. The van der Waals surface area contributed by atoms with Gasteiger partial charge in [0.2, 0.25) is 5.91 Å². The molecule has 4 heteroatoms. The molecule has 0 bridgehead atoms. The van der Waals surface area contributed by atoms with Gasteiger partial charge in [-0.1, -0.05) is 60.2 Å². The molecule has 3 rings (SSSR count). The van der Waals surface area contributed by atoms with Gasteiger partial charge in [0.25, 0.3) is 0 Å². The van der Waals surface area contributed by atoms with Crippen LogP contribution in [0.25, 0.3) is 21.0 Å². The Balaban J connectivity index is 1.99. The molecule has 3 aromatic rings. The van der Waals surface area contributed by atoms with Crippen LogP contribution < -0.4 is 5.32 Å². The van der Waals surface area contributed by atoms with Crippen LogP contribution in [0.4, 0.5) is 0 Å². The number of carbonyl (C=O) groups excluding carboxylic acids is 1. The number of nitrogens with zero attached hydrogens (tertiary/aromatic N) is 1. The summed E-state index contributed by atoms with van der Waals surface area (Å²) in [6, 6.07) is 18.5. The van der Waals surface area contributed by atoms with Gasteiger partial charge in [-0.3, -0.25) is 4.79 Å². The van der Waals surface area contributed by atoms with Crippen LogP contribution in [0.1, 0.15) is 32.0 Å². The Morgan fingerprint density at radius 2 is 1.65 bits per heavy atom. The number of rotatable bonds is 4. The number of benzene rings is 2. The van der Waals surface area contributed by atoms with Crippen molar-refractivity contribution in [1.82, 2.24) is 10.3 Å². The second kappa shape index (κ2) is 7.42. The van der Waals surface area contributed by atoms with Crippen LogP contribution in [0.2, 0.25) is 0 Å². The highest BCUT2D eigenvalue weighted by atomic mass is 32.1. The molecule has 0 unspecified atom stereocenters. The van der Waals surface area contributed by atoms with E-state index >= 15 is 0 Å². The van der Waals surface area contributed by atoms with Crippen molar-refractivity contribution in [2.45, 2.75) is 39.7 Å². The van der Waals surface area contributed by atoms with Crippen LogP contribution in [0.15, 0.2) is 54.6 Å². The molecule has 0 atom stereocenters. The molecule has 0 aliphatic carbocycles. The fraction of sp³-hybridized carbons (Fsp3) is 0.273. The fourth-order valence-corrected chi connectivity index (χ4v) is 3.81. The Morgan fingerprint density at radius 1 is 1.00 bits per heavy atom. The summed E-state index contributed by atoms with van der Waals surface area (Å²) in [5.41, 5.74) is 3.98. The first-order valence-electron chi connectivity index (χ1n) is 8.75. The van der Waals surface area contributed by atoms with E-state index in [1.54, 1.807) is 11.3 Å². The summed E-state index contributed by atoms with van der Waals surface area (Å²) in [5, 5.41) is 3.97. The Morgan fingerprint density at radius 3 is 2.27 bits per heavy atom. The van der Waals surface area contributed by atoms with Crippen LogP contribution >= 0.6 is 11.3 Å². The van der Waals surface area contributed by atoms with E-state index < -0.39 is 0 Å². The van der Waals surface area contributed by atoms with E-state index in [0.717, 1.165) is 26.7 Å². The predicted octanol–water partition coefficient (Wildman–Crippen LogP) is 5.24. The number of carbonyl (C=O) groups is 1. The minimum absolute atomic E-state index is 0.00391. The summed E-state index contributed by atoms with van der Waals surface area (Å²) < 4.78 is 0. The lowest BCUT2D eigenvalue weighted by Crippen LogP contribution is -2.41. The molecule has 0 aliphatic rings. The van der Waals surface area contributed by atoms with Gasteiger partial charge in [-0.05, 0) is 33.3 Å². The molecular formula is C22H24N2OS. The number of aryl methyl sites for hydroxylation is 1. The van der Waals surface area contributed by atoms with Gasteiger partial charge in [0, 0.05) is 11.1 Å². The molecule has 0 radical (unpaired) electrons. The van der Waals surface area contributed by atoms with Gasteiger partial charge < -0.3 is 5.32 Å². The van der Waals surface area contributed by atoms with E-state index in [4.69, 9.17) is 4.98 Å². The second-order valence-corrected chi connectivity index (χ2v) is 8.50. The van der Waals surface area contributed by atoms with Crippen LogP contribution in [0, 0.1) is 6.92 Å². The van der Waals surface area contributed by atoms with Gasteiger partial charge >= 0.3 is 0 Å². The van der Waals surface area contributed by atoms with E-state index in [1.807, 2.05) is 39.0 Å². The summed E-state index contributed by atoms with van der Waals surface area (Å²) in [7, 11) is 0. The average Bonchev–Trinajstić information content (AvgIpc) is 2.98. The summed E-state index contributed by atoms with van der Waals surface area (Å²) in [6.45, 7) is 8.04. The Bertz CT molecular complexity index is 890. The maximum Gasteiger partial charge on any atom is 0.226 e. The van der Waals surface area contributed by atoms with E-state index in [2.05, 4.69) is 48.6 Å². The second-order valence-electron chi connectivity index (χ2n) is 7.50. The van der Waals surface area contributed by atoms with Crippen molar-refractivity contribution < 1.29 is 4.79 Å². The predicted molar refractivity (Wildman–Crippen MR) is 109 cm³/mol. The normalized spacial score (nSPS) is 11.4. The molecule has 3 nitrogen and oxygen atoms in total. The van der Waals surface area contributed by atoms with Gasteiger partial charge in [0.1, 0.15) is 5.01 Å². The largest absolute Gasteiger partial charge is 0.351 e. The number of aromatic nitrogens is 1. The maximum absolute atomic E-state index is 12.5. The number of hydrogen-bond acceptors (Lipinski definition) is 3. The molecule has 0 saturated carbocycles. The van der Waals surface area contributed by atoms with Gasteiger partial charge in [0.05, 0.1) is 17.0 Å². The summed E-state index contributed by atoms with van der Waals surface area (Å²) in [4.78, 5) is 18.3. The fourth-order valence-electron chi connectivity index (χ4n) is 2.72. The third-order valence-corrected chi connectivity index (χ3v) is 5.07. The number of nitrogens with one attached hydrogen (secondary N) is 1. The zero-order chi connectivity index (χ0) is 18.7. The van der Waals surface area contributed by atoms with Crippen molar-refractivity contribution in [2.24, 2.45) is 0 Å². The lowest BCUT2D eigenvalue weighted by Gasteiger charge is -2.20. The van der Waals surface area contributed by atoms with Crippen LogP contribution in [0.5, 0.6) is 0 Å². The molecule has 26 heavy (non-hydrogen) atoms. The minimum atomic E-state index is -0.251. The first-order chi connectivity index (χ1) is 12.3. The average molecular weight is 365 g/mol. The standard InChI is InChI=1S/C22H24N2OS/c1-15-10-12-16(13-11-15)20-18(14-19(25)24-22(2,3)4)23-21(26-20)17-8-6-5-7-9-17/h5-13H,14H2,1-4H3,(H,24,25). The van der Waals surface area contributed by atoms with Crippen LogP contribution in [-0.2, 0) is 11.2 Å². The smallest absolute Gasteiger partial charge is 0.226 e. The van der Waals surface area contributed by atoms with Crippen LogP contribution in [0.3, 0.4) is 0 Å². The molecule has 0 spiro atoms. The van der Waals surface area contributed by atoms with Gasteiger partial charge in [0.15, 0.2) is 0 Å². The van der Waals surface area contributed by atoms with Crippen molar-refractivity contribution in [3.63, 3.8) is 0 Å². The first kappa shape index (κ1) is 18.3. The molecule has 1 amide bonds. The lowest BCUT2D eigenvalue weighted by atomic mass is 10.1. The highest BCUT2D eigenvalue weighted by Crippen LogP contribution is 2.36. The third-order valence-electron chi connectivity index (χ3n) is 3.87. The molecule has 0 aliphatic heterocycles. The van der Waals surface area contributed by atoms with E-state index in [1.165, 1.54) is 5.56 Å². The maximum atomic E-state index is 12.5. The molecule has 1 aromatic heterocycles. The quantitative estimate of drug-likeness (QED) is 0.687. The Labute approximate surface area is 159 Å². The van der Waals surface area contributed by atoms with E-state index in [-0.39, 0.29) is 17.9 Å². The molecule has 0 fully saturated rings. The number of thiazole rings is 1. The third kappa shape index (κ3) is 4.58. The van der Waals surface area contributed by atoms with Crippen molar-refractivity contribution in [2.75, 3.05) is 0 Å². The molecule has 0 saturated heterocycles. The zero-order valence-electron chi connectivity index (χ0n) is 15.7. The molecular weight excluding hydrogens is 340 g/mol. The Hall–Kier alpha value is -2.46. The summed E-state index contributed by atoms with van der Waals surface area (Å²) in [5.74, 6) is -0.00391. The van der Waals surface area contributed by atoms with Gasteiger partial charge in [-0.2, -0.15) is 0 Å². The van der Waals surface area contributed by atoms with Gasteiger partial charge in [-0.25, -0.2) is 4.98 Å². The van der Waals surface area contributed by atoms with Crippen LogP contribution in [-0.4, -0.2) is 16.4 Å². The topological polar surface area (TPSA) is 42.0 Å². The number of amides is 1. The van der Waals surface area contributed by atoms with E-state index in [0.29, 0.717) is 0 Å². The Kier molecular flexibility index (Phi) is 5.23. The van der Waals surface area contributed by atoms with Crippen molar-refractivity contribution in [3.8, 4) is 21.0 Å². The van der Waals surface area contributed by atoms with E-state index in [9.17, 15) is 4.79 Å². The molecule has 134 valence electrons. The van der Waals surface area contributed by atoms with Gasteiger partial charge in [-0.15, -0.1) is 11.3 Å². The summed E-state index contributed by atoms with van der Waals surface area (Å²) in [6.07, 6.45) is 0.282. The highest BCUT2D eigenvalue weighted by Gasteiger charge is 2.20. The number of hydrogen-bond donors (Lipinski definition) is 1. The van der Waals surface area contributed by atoms with Crippen molar-refractivity contribution >= 4 is 17.2 Å². The van der Waals surface area contributed by atoms with Crippen molar-refractivity contribution in [1.29, 1.82) is 0 Å². The zero-order valence-corrected chi connectivity index (χ0v) is 16.5. The van der Waals surface area contributed by atoms with Crippen molar-refractivity contribution in [3.05, 3.63) is 65.9 Å². The minimum Gasteiger partial charge on any atom is -0.351 e. The monoisotopic (exact) mass is 364 g/mol. The molecule has 1 N–H and O–H groups in total. The highest BCUT2D eigenvalue weighted by molar-refractivity contribution is 7.18.